The summed E-state index contributed by atoms with van der Waals surface area (Å²) in [7, 11) is 0. The molecule has 0 fully saturated rings. The van der Waals surface area contributed by atoms with Crippen LogP contribution in [0.3, 0.4) is 0 Å². The summed E-state index contributed by atoms with van der Waals surface area (Å²) in [5.41, 5.74) is 2.82. The fourth-order valence-corrected chi connectivity index (χ4v) is 2.38. The lowest BCUT2D eigenvalue weighted by Gasteiger charge is -2.18. The second-order valence-corrected chi connectivity index (χ2v) is 4.76. The minimum Gasteiger partial charge on any atom is -0.464 e. The first-order valence-electron chi connectivity index (χ1n) is 6.57. The van der Waals surface area contributed by atoms with Crippen molar-refractivity contribution in [1.82, 2.24) is 15.0 Å². The van der Waals surface area contributed by atoms with Crippen LogP contribution in [0.1, 0.15) is 5.56 Å². The van der Waals surface area contributed by atoms with Crippen molar-refractivity contribution in [3.63, 3.8) is 0 Å². The molecule has 1 aromatic carbocycles. The highest BCUT2D eigenvalue weighted by Gasteiger charge is 2.16. The Morgan fingerprint density at radius 1 is 1.23 bits per heavy atom. The lowest BCUT2D eigenvalue weighted by atomic mass is 10.2. The molecule has 0 aliphatic rings. The van der Waals surface area contributed by atoms with Gasteiger partial charge in [0.05, 0.1) is 23.8 Å². The lowest BCUT2D eigenvalue weighted by Crippen LogP contribution is -2.27. The molecule has 4 aromatic rings. The monoisotopic (exact) mass is 293 g/mol. The summed E-state index contributed by atoms with van der Waals surface area (Å²) in [4.78, 5) is 11.1. The van der Waals surface area contributed by atoms with Gasteiger partial charge in [0.25, 0.3) is 0 Å². The number of hydroxylamine groups is 1. The SMILES string of the molecule is N=C(c1ccnc2nc[nH]c12)N(O)c1ccc2occc2c1. The third-order valence-corrected chi connectivity index (χ3v) is 3.47. The molecule has 3 heterocycles. The highest BCUT2D eigenvalue weighted by molar-refractivity contribution is 6.12. The number of anilines is 1. The predicted molar refractivity (Wildman–Crippen MR) is 81.2 cm³/mol. The fourth-order valence-electron chi connectivity index (χ4n) is 2.38. The molecule has 3 aromatic heterocycles. The van der Waals surface area contributed by atoms with E-state index in [1.165, 1.54) is 6.33 Å². The van der Waals surface area contributed by atoms with Gasteiger partial charge in [0, 0.05) is 17.1 Å². The van der Waals surface area contributed by atoms with Crippen LogP contribution < -0.4 is 5.06 Å². The molecular weight excluding hydrogens is 282 g/mol. The molecule has 0 aliphatic carbocycles. The number of amidine groups is 1. The summed E-state index contributed by atoms with van der Waals surface area (Å²) >= 11 is 0. The van der Waals surface area contributed by atoms with Gasteiger partial charge < -0.3 is 9.40 Å². The van der Waals surface area contributed by atoms with Gasteiger partial charge in [-0.05, 0) is 30.3 Å². The fraction of sp³-hybridized carbons (Fsp3) is 0. The van der Waals surface area contributed by atoms with Crippen molar-refractivity contribution in [2.45, 2.75) is 0 Å². The van der Waals surface area contributed by atoms with E-state index >= 15 is 0 Å². The van der Waals surface area contributed by atoms with Gasteiger partial charge >= 0.3 is 0 Å². The number of nitrogens with one attached hydrogen (secondary N) is 2. The number of imidazole rings is 1. The van der Waals surface area contributed by atoms with Crippen LogP contribution >= 0.6 is 0 Å². The quantitative estimate of drug-likeness (QED) is 0.299. The first kappa shape index (κ1) is 12.5. The number of aromatic nitrogens is 3. The van der Waals surface area contributed by atoms with Gasteiger partial charge in [-0.2, -0.15) is 0 Å². The lowest BCUT2D eigenvalue weighted by molar-refractivity contribution is 0.312. The summed E-state index contributed by atoms with van der Waals surface area (Å²) in [6.07, 6.45) is 4.65. The minimum atomic E-state index is -0.0699. The van der Waals surface area contributed by atoms with Gasteiger partial charge in [-0.15, -0.1) is 0 Å². The Bertz CT molecular complexity index is 988. The molecule has 4 rings (SSSR count). The van der Waals surface area contributed by atoms with Crippen LogP contribution in [0.2, 0.25) is 0 Å². The average molecular weight is 293 g/mol. The molecule has 0 amide bonds. The summed E-state index contributed by atoms with van der Waals surface area (Å²) in [6, 6.07) is 8.64. The van der Waals surface area contributed by atoms with Crippen molar-refractivity contribution in [3.05, 3.63) is 54.7 Å². The molecule has 0 saturated carbocycles. The molecule has 0 radical (unpaired) electrons. The molecule has 3 N–H and O–H groups in total. The smallest absolute Gasteiger partial charge is 0.178 e. The van der Waals surface area contributed by atoms with Gasteiger partial charge in [0.15, 0.2) is 11.5 Å². The van der Waals surface area contributed by atoms with E-state index in [0.717, 1.165) is 16.0 Å². The molecule has 7 nitrogen and oxygen atoms in total. The zero-order chi connectivity index (χ0) is 15.1. The third-order valence-electron chi connectivity index (χ3n) is 3.47. The standard InChI is InChI=1S/C15H11N5O2/c16-14(11-3-5-17-15-13(11)18-8-19-15)20(21)10-1-2-12-9(7-10)4-6-22-12/h1-8,16,21H,(H,17,18,19). The second kappa shape index (κ2) is 4.68. The first-order valence-corrected chi connectivity index (χ1v) is 6.57. The van der Waals surface area contributed by atoms with Crippen molar-refractivity contribution >= 4 is 33.7 Å². The van der Waals surface area contributed by atoms with Crippen LogP contribution in [0.25, 0.3) is 22.1 Å². The minimum absolute atomic E-state index is 0.0699. The van der Waals surface area contributed by atoms with Crippen molar-refractivity contribution in [2.24, 2.45) is 0 Å². The third kappa shape index (κ3) is 1.84. The van der Waals surface area contributed by atoms with Crippen LogP contribution in [0, 0.1) is 5.41 Å². The van der Waals surface area contributed by atoms with Crippen LogP contribution in [0.15, 0.2) is 53.5 Å². The number of aromatic amines is 1. The van der Waals surface area contributed by atoms with E-state index in [0.29, 0.717) is 22.4 Å². The van der Waals surface area contributed by atoms with Crippen LogP contribution in [-0.4, -0.2) is 26.0 Å². The zero-order valence-electron chi connectivity index (χ0n) is 11.3. The van der Waals surface area contributed by atoms with Crippen molar-refractivity contribution < 1.29 is 9.62 Å². The molecule has 0 aliphatic heterocycles. The number of hydrogen-bond acceptors (Lipinski definition) is 5. The molecule has 7 heteroatoms. The van der Waals surface area contributed by atoms with Gasteiger partial charge in [-0.1, -0.05) is 0 Å². The summed E-state index contributed by atoms with van der Waals surface area (Å²) in [5, 5.41) is 20.3. The van der Waals surface area contributed by atoms with Crippen molar-refractivity contribution in [3.8, 4) is 0 Å². The van der Waals surface area contributed by atoms with E-state index in [1.54, 1.807) is 42.8 Å². The number of hydrogen-bond donors (Lipinski definition) is 3. The number of rotatable bonds is 2. The second-order valence-electron chi connectivity index (χ2n) is 4.76. The maximum atomic E-state index is 10.4. The average Bonchev–Trinajstić information content (AvgIpc) is 3.20. The molecule has 0 unspecified atom stereocenters. The zero-order valence-corrected chi connectivity index (χ0v) is 11.3. The summed E-state index contributed by atoms with van der Waals surface area (Å²) < 4.78 is 5.27. The predicted octanol–water partition coefficient (Wildman–Crippen LogP) is 2.93. The molecule has 0 spiro atoms. The number of furan rings is 1. The topological polar surface area (TPSA) is 102 Å². The van der Waals surface area contributed by atoms with Crippen molar-refractivity contribution in [2.75, 3.05) is 5.06 Å². The Hall–Kier alpha value is -3.19. The number of H-pyrrole nitrogens is 1. The molecule has 108 valence electrons. The van der Waals surface area contributed by atoms with Crippen LogP contribution in [0.5, 0.6) is 0 Å². The molecule has 0 saturated heterocycles. The number of benzene rings is 1. The van der Waals surface area contributed by atoms with Gasteiger partial charge in [-0.3, -0.25) is 10.6 Å². The van der Waals surface area contributed by atoms with Crippen LogP contribution in [0.4, 0.5) is 5.69 Å². The number of nitrogens with zero attached hydrogens (tertiary/aromatic N) is 3. The van der Waals surface area contributed by atoms with E-state index in [9.17, 15) is 5.21 Å². The first-order chi connectivity index (χ1) is 10.7. The molecular formula is C15H11N5O2. The summed E-state index contributed by atoms with van der Waals surface area (Å²) in [5.74, 6) is -0.0699. The van der Waals surface area contributed by atoms with E-state index in [1.807, 2.05) is 0 Å². The summed E-state index contributed by atoms with van der Waals surface area (Å²) in [6.45, 7) is 0. The maximum Gasteiger partial charge on any atom is 0.178 e. The Morgan fingerprint density at radius 3 is 3.05 bits per heavy atom. The van der Waals surface area contributed by atoms with Gasteiger partial charge in [0.2, 0.25) is 0 Å². The largest absolute Gasteiger partial charge is 0.464 e. The molecule has 22 heavy (non-hydrogen) atoms. The normalized spacial score (nSPS) is 11.1. The highest BCUT2D eigenvalue weighted by Crippen LogP contribution is 2.24. The Balaban J connectivity index is 1.76. The van der Waals surface area contributed by atoms with Gasteiger partial charge in [-0.25, -0.2) is 15.0 Å². The van der Waals surface area contributed by atoms with Gasteiger partial charge in [0.1, 0.15) is 5.58 Å². The molecule has 0 bridgehead atoms. The van der Waals surface area contributed by atoms with Crippen LogP contribution in [-0.2, 0) is 0 Å². The van der Waals surface area contributed by atoms with E-state index in [2.05, 4.69) is 15.0 Å². The van der Waals surface area contributed by atoms with E-state index in [4.69, 9.17) is 9.83 Å². The number of fused-ring (bicyclic) bond motifs is 2. The van der Waals surface area contributed by atoms with E-state index in [-0.39, 0.29) is 5.84 Å². The van der Waals surface area contributed by atoms with Crippen molar-refractivity contribution in [1.29, 1.82) is 5.41 Å². The Labute approximate surface area is 124 Å². The Kier molecular flexibility index (Phi) is 2.67. The highest BCUT2D eigenvalue weighted by atomic mass is 16.5. The Morgan fingerprint density at radius 2 is 2.14 bits per heavy atom. The maximum absolute atomic E-state index is 10.4. The number of pyridine rings is 1. The van der Waals surface area contributed by atoms with E-state index < -0.39 is 0 Å². The molecule has 0 atom stereocenters.